The first-order valence-electron chi connectivity index (χ1n) is 12.2. The molecule has 1 atom stereocenters. The Labute approximate surface area is 217 Å². The Bertz CT molecular complexity index is 1690. The van der Waals surface area contributed by atoms with Crippen LogP contribution in [-0.2, 0) is 24.3 Å². The summed E-state index contributed by atoms with van der Waals surface area (Å²) in [6, 6.07) is 11.5. The molecule has 192 valence electrons. The number of furan rings is 1. The lowest BCUT2D eigenvalue weighted by Crippen LogP contribution is -2.52. The van der Waals surface area contributed by atoms with Crippen LogP contribution < -0.4 is 10.2 Å². The number of nitrogens with one attached hydrogen (secondary N) is 2. The fourth-order valence-corrected chi connectivity index (χ4v) is 5.20. The zero-order valence-electron chi connectivity index (χ0n) is 20.9. The minimum Gasteiger partial charge on any atom is -0.459 e. The Morgan fingerprint density at radius 1 is 1.18 bits per heavy atom. The van der Waals surface area contributed by atoms with Crippen molar-refractivity contribution < 1.29 is 18.4 Å². The molecule has 1 unspecified atom stereocenters. The van der Waals surface area contributed by atoms with Gasteiger partial charge in [0.25, 0.3) is 5.91 Å². The highest BCUT2D eigenvalue weighted by Crippen LogP contribution is 2.33. The molecular formula is C28H25FN6O3. The fraction of sp³-hybridized carbons (Fsp3) is 0.214. The summed E-state index contributed by atoms with van der Waals surface area (Å²) >= 11 is 0. The number of hydrogen-bond acceptors (Lipinski definition) is 6. The van der Waals surface area contributed by atoms with Crippen molar-refractivity contribution in [3.05, 3.63) is 89.5 Å². The standard InChI is InChI=1S/C28H25FN6O3/c1-30-27(36)24-13-18-23(33-21-5-3-4-19(29)25(18)21)15-35(24)28(37)26-16(8-11-38-26)14-34(2)17-6-7-20-22(12-17)32-10-9-31-20/h3-12,24,33H,13-15H2,1-2H3,(H,30,36). The average Bonchev–Trinajstić information content (AvgIpc) is 3.55. The van der Waals surface area contributed by atoms with Crippen LogP contribution in [0.4, 0.5) is 10.1 Å². The van der Waals surface area contributed by atoms with Crippen LogP contribution in [-0.4, -0.2) is 51.8 Å². The summed E-state index contributed by atoms with van der Waals surface area (Å²) in [7, 11) is 3.44. The van der Waals surface area contributed by atoms with Gasteiger partial charge < -0.3 is 24.5 Å². The predicted molar refractivity (Wildman–Crippen MR) is 140 cm³/mol. The maximum atomic E-state index is 14.7. The van der Waals surface area contributed by atoms with Gasteiger partial charge in [-0.2, -0.15) is 0 Å². The van der Waals surface area contributed by atoms with Crippen molar-refractivity contribution in [3.8, 4) is 0 Å². The third-order valence-corrected chi connectivity index (χ3v) is 7.12. The van der Waals surface area contributed by atoms with Gasteiger partial charge in [-0.15, -0.1) is 0 Å². The number of aromatic amines is 1. The molecule has 0 bridgehead atoms. The average molecular weight is 513 g/mol. The van der Waals surface area contributed by atoms with Crippen molar-refractivity contribution in [1.82, 2.24) is 25.2 Å². The number of carbonyl (C=O) groups excluding carboxylic acids is 2. The molecule has 4 heterocycles. The van der Waals surface area contributed by atoms with Crippen molar-refractivity contribution >= 4 is 39.4 Å². The quantitative estimate of drug-likeness (QED) is 0.371. The van der Waals surface area contributed by atoms with E-state index in [-0.39, 0.29) is 30.5 Å². The van der Waals surface area contributed by atoms with E-state index in [0.717, 1.165) is 22.3 Å². The van der Waals surface area contributed by atoms with E-state index in [9.17, 15) is 14.0 Å². The minimum absolute atomic E-state index is 0.125. The number of anilines is 1. The summed E-state index contributed by atoms with van der Waals surface area (Å²) in [4.78, 5) is 42.1. The van der Waals surface area contributed by atoms with Gasteiger partial charge in [-0.3, -0.25) is 19.6 Å². The fourth-order valence-electron chi connectivity index (χ4n) is 5.20. The zero-order valence-corrected chi connectivity index (χ0v) is 20.9. The molecule has 2 aromatic carbocycles. The van der Waals surface area contributed by atoms with Crippen molar-refractivity contribution in [2.45, 2.75) is 25.6 Å². The van der Waals surface area contributed by atoms with Gasteiger partial charge in [0.05, 0.1) is 23.8 Å². The number of amides is 2. The Hall–Kier alpha value is -4.73. The number of aromatic nitrogens is 3. The smallest absolute Gasteiger partial charge is 0.290 e. The molecule has 0 aliphatic carbocycles. The Morgan fingerprint density at radius 2 is 2.00 bits per heavy atom. The third-order valence-electron chi connectivity index (χ3n) is 7.12. The molecule has 38 heavy (non-hydrogen) atoms. The Balaban J connectivity index is 1.30. The highest BCUT2D eigenvalue weighted by atomic mass is 19.1. The first kappa shape index (κ1) is 23.7. The molecule has 0 saturated heterocycles. The van der Waals surface area contributed by atoms with Crippen molar-refractivity contribution in [2.75, 3.05) is 19.0 Å². The monoisotopic (exact) mass is 512 g/mol. The molecule has 10 heteroatoms. The topological polar surface area (TPSA) is 107 Å². The first-order chi connectivity index (χ1) is 18.4. The number of carbonyl (C=O) groups is 2. The summed E-state index contributed by atoms with van der Waals surface area (Å²) in [6.45, 7) is 0.518. The van der Waals surface area contributed by atoms with Crippen LogP contribution >= 0.6 is 0 Å². The maximum absolute atomic E-state index is 14.7. The van der Waals surface area contributed by atoms with E-state index in [1.807, 2.05) is 30.1 Å². The molecule has 3 aromatic heterocycles. The minimum atomic E-state index is -0.812. The normalized spacial score (nSPS) is 15.0. The van der Waals surface area contributed by atoms with Crippen LogP contribution in [0.2, 0.25) is 0 Å². The summed E-state index contributed by atoms with van der Waals surface area (Å²) in [5.74, 6) is -0.915. The van der Waals surface area contributed by atoms with Gasteiger partial charge in [-0.25, -0.2) is 4.39 Å². The molecule has 1 aliphatic rings. The van der Waals surface area contributed by atoms with Crippen molar-refractivity contribution in [1.29, 1.82) is 0 Å². The second-order valence-corrected chi connectivity index (χ2v) is 9.37. The molecule has 2 amide bonds. The largest absolute Gasteiger partial charge is 0.459 e. The van der Waals surface area contributed by atoms with Crippen molar-refractivity contribution in [2.24, 2.45) is 0 Å². The molecule has 0 saturated carbocycles. The number of halogens is 1. The zero-order chi connectivity index (χ0) is 26.4. The summed E-state index contributed by atoms with van der Waals surface area (Å²) in [5.41, 5.74) is 5.22. The number of benzene rings is 2. The summed E-state index contributed by atoms with van der Waals surface area (Å²) in [6.07, 6.45) is 4.96. The van der Waals surface area contributed by atoms with E-state index in [2.05, 4.69) is 20.3 Å². The van der Waals surface area contributed by atoms with E-state index >= 15 is 0 Å². The highest BCUT2D eigenvalue weighted by molar-refractivity contribution is 5.98. The molecule has 0 spiro atoms. The van der Waals surface area contributed by atoms with Crippen LogP contribution in [0.5, 0.6) is 0 Å². The van der Waals surface area contributed by atoms with Crippen LogP contribution in [0, 0.1) is 5.82 Å². The van der Waals surface area contributed by atoms with Crippen LogP contribution in [0.3, 0.4) is 0 Å². The SMILES string of the molecule is CNC(=O)C1Cc2c([nH]c3cccc(F)c23)CN1C(=O)c1occc1CN(C)c1ccc2nccnc2c1. The third kappa shape index (κ3) is 3.94. The number of rotatable bonds is 5. The maximum Gasteiger partial charge on any atom is 0.290 e. The van der Waals surface area contributed by atoms with Gasteiger partial charge in [-0.05, 0) is 42.0 Å². The number of fused-ring (bicyclic) bond motifs is 4. The molecule has 5 aromatic rings. The Morgan fingerprint density at radius 3 is 2.82 bits per heavy atom. The van der Waals surface area contributed by atoms with E-state index in [1.165, 1.54) is 24.3 Å². The second kappa shape index (κ2) is 9.29. The molecule has 0 fully saturated rings. The van der Waals surface area contributed by atoms with Crippen molar-refractivity contribution in [3.63, 3.8) is 0 Å². The number of hydrogen-bond donors (Lipinski definition) is 2. The molecule has 0 radical (unpaired) electrons. The summed E-state index contributed by atoms with van der Waals surface area (Å²) in [5, 5.41) is 3.11. The van der Waals surface area contributed by atoms with Gasteiger partial charge in [0.2, 0.25) is 5.91 Å². The molecule has 2 N–H and O–H groups in total. The van der Waals surface area contributed by atoms with E-state index in [4.69, 9.17) is 4.42 Å². The van der Waals surface area contributed by atoms with Gasteiger partial charge >= 0.3 is 0 Å². The van der Waals surface area contributed by atoms with Gasteiger partial charge in [0, 0.05) is 67.3 Å². The van der Waals surface area contributed by atoms with E-state index in [0.29, 0.717) is 28.7 Å². The van der Waals surface area contributed by atoms with Gasteiger partial charge in [0.1, 0.15) is 11.9 Å². The molecule has 9 nitrogen and oxygen atoms in total. The Kier molecular flexibility index (Phi) is 5.79. The van der Waals surface area contributed by atoms with Crippen LogP contribution in [0.15, 0.2) is 65.5 Å². The highest BCUT2D eigenvalue weighted by Gasteiger charge is 2.38. The lowest BCUT2D eigenvalue weighted by Gasteiger charge is -2.34. The van der Waals surface area contributed by atoms with E-state index in [1.54, 1.807) is 30.6 Å². The predicted octanol–water partition coefficient (Wildman–Crippen LogP) is 3.79. The lowest BCUT2D eigenvalue weighted by atomic mass is 9.95. The molecule has 1 aliphatic heterocycles. The number of likely N-dealkylation sites (N-methyl/N-ethyl adjacent to an activating group) is 1. The van der Waals surface area contributed by atoms with Gasteiger partial charge in [-0.1, -0.05) is 6.07 Å². The molecular weight excluding hydrogens is 487 g/mol. The second-order valence-electron chi connectivity index (χ2n) is 9.37. The van der Waals surface area contributed by atoms with Crippen LogP contribution in [0.25, 0.3) is 21.9 Å². The number of H-pyrrole nitrogens is 1. The lowest BCUT2D eigenvalue weighted by molar-refractivity contribution is -0.125. The van der Waals surface area contributed by atoms with Crippen LogP contribution in [0.1, 0.15) is 27.4 Å². The summed E-state index contributed by atoms with van der Waals surface area (Å²) < 4.78 is 20.3. The first-order valence-corrected chi connectivity index (χ1v) is 12.2. The van der Waals surface area contributed by atoms with E-state index < -0.39 is 11.9 Å². The number of nitrogens with zero attached hydrogens (tertiary/aromatic N) is 4. The molecule has 6 rings (SSSR count). The van der Waals surface area contributed by atoms with Gasteiger partial charge in [0.15, 0.2) is 5.76 Å².